The smallest absolute Gasteiger partial charge is 0.251 e. The van der Waals surface area contributed by atoms with E-state index in [2.05, 4.69) is 10.6 Å². The summed E-state index contributed by atoms with van der Waals surface area (Å²) in [5.41, 5.74) is 3.36. The number of phenols is 1. The summed E-state index contributed by atoms with van der Waals surface area (Å²) in [7, 11) is 1.64. The molecule has 36 heavy (non-hydrogen) atoms. The van der Waals surface area contributed by atoms with Crippen molar-refractivity contribution in [3.05, 3.63) is 94.5 Å². The minimum Gasteiger partial charge on any atom is -0.508 e. The fraction of sp³-hybridized carbons (Fsp3) is 0.345. The van der Waals surface area contributed by atoms with Crippen LogP contribution in [-0.2, 0) is 19.4 Å². The molecule has 0 unspecified atom stereocenters. The van der Waals surface area contributed by atoms with Gasteiger partial charge in [0.05, 0.1) is 19.8 Å². The maximum Gasteiger partial charge on any atom is 0.251 e. The monoisotopic (exact) mass is 492 g/mol. The molecule has 1 atom stereocenters. The Labute approximate surface area is 212 Å². The molecule has 0 aliphatic rings. The molecule has 0 bridgehead atoms. The van der Waals surface area contributed by atoms with Crippen molar-refractivity contribution < 1.29 is 24.9 Å². The predicted molar refractivity (Wildman–Crippen MR) is 140 cm³/mol. The van der Waals surface area contributed by atoms with E-state index < -0.39 is 6.10 Å². The summed E-state index contributed by atoms with van der Waals surface area (Å²) in [4.78, 5) is 12.7. The first kappa shape index (κ1) is 27.2. The second-order valence-corrected chi connectivity index (χ2v) is 9.56. The molecule has 0 aliphatic heterocycles. The normalized spacial score (nSPS) is 12.2. The molecule has 0 heterocycles. The highest BCUT2D eigenvalue weighted by atomic mass is 16.5. The Kier molecular flexibility index (Phi) is 9.47. The molecule has 7 nitrogen and oxygen atoms in total. The minimum atomic E-state index is -0.795. The summed E-state index contributed by atoms with van der Waals surface area (Å²) >= 11 is 0. The number of nitrogens with one attached hydrogen (secondary N) is 2. The van der Waals surface area contributed by atoms with Crippen LogP contribution in [0.4, 0.5) is 0 Å². The van der Waals surface area contributed by atoms with E-state index in [1.165, 1.54) is 6.07 Å². The van der Waals surface area contributed by atoms with E-state index >= 15 is 0 Å². The van der Waals surface area contributed by atoms with Gasteiger partial charge in [-0.05, 0) is 79.8 Å². The Morgan fingerprint density at radius 3 is 2.53 bits per heavy atom. The Balaban J connectivity index is 1.53. The van der Waals surface area contributed by atoms with Crippen molar-refractivity contribution in [2.75, 3.05) is 20.2 Å². The first-order valence-electron chi connectivity index (χ1n) is 12.1. The van der Waals surface area contributed by atoms with E-state index in [0.717, 1.165) is 16.9 Å². The average Bonchev–Trinajstić information content (AvgIpc) is 2.87. The molecule has 0 saturated heterocycles. The molecule has 1 amide bonds. The molecular formula is C29H36N2O5. The first-order chi connectivity index (χ1) is 17.2. The van der Waals surface area contributed by atoms with Crippen LogP contribution in [0.3, 0.4) is 0 Å². The van der Waals surface area contributed by atoms with Gasteiger partial charge >= 0.3 is 0 Å². The number of aliphatic hydroxyl groups excluding tert-OH is 2. The third-order valence-electron chi connectivity index (χ3n) is 6.10. The van der Waals surface area contributed by atoms with Crippen LogP contribution in [0.15, 0.2) is 66.7 Å². The fourth-order valence-electron chi connectivity index (χ4n) is 4.08. The molecule has 0 aliphatic carbocycles. The standard InChI is InChI=1S/C29H36N2O5/c1-29(2,31-18-27(34)22-10-11-26(33)24(16-22)19-32)17-21-7-4-8-23(14-21)28(35)30-13-12-20-6-5-9-25(15-20)36-3/h4-11,14-16,27,31-34H,12-13,17-19H2,1-3H3,(H,30,35)/t27-/m0/s1. The topological polar surface area (TPSA) is 111 Å². The van der Waals surface area contributed by atoms with Gasteiger partial charge in [-0.3, -0.25) is 4.79 Å². The highest BCUT2D eigenvalue weighted by molar-refractivity contribution is 5.94. The molecular weight excluding hydrogens is 456 g/mol. The lowest BCUT2D eigenvalue weighted by Gasteiger charge is -2.28. The Morgan fingerprint density at radius 2 is 1.78 bits per heavy atom. The van der Waals surface area contributed by atoms with Crippen LogP contribution < -0.4 is 15.4 Å². The van der Waals surface area contributed by atoms with Crippen molar-refractivity contribution in [3.8, 4) is 11.5 Å². The van der Waals surface area contributed by atoms with Crippen LogP contribution >= 0.6 is 0 Å². The Bertz CT molecular complexity index is 1160. The quantitative estimate of drug-likeness (QED) is 0.265. The van der Waals surface area contributed by atoms with Crippen LogP contribution in [0, 0.1) is 0 Å². The summed E-state index contributed by atoms with van der Waals surface area (Å²) in [6.45, 7) is 4.60. The number of amides is 1. The minimum absolute atomic E-state index is 0.00551. The second kappa shape index (κ2) is 12.5. The van der Waals surface area contributed by atoms with Crippen LogP contribution in [0.5, 0.6) is 11.5 Å². The lowest BCUT2D eigenvalue weighted by molar-refractivity contribution is 0.0954. The van der Waals surface area contributed by atoms with Gasteiger partial charge in [0.15, 0.2) is 0 Å². The van der Waals surface area contributed by atoms with E-state index in [-0.39, 0.29) is 23.8 Å². The average molecular weight is 493 g/mol. The summed E-state index contributed by atoms with van der Waals surface area (Å²) in [5.74, 6) is 0.687. The number of benzene rings is 3. The molecule has 0 aromatic heterocycles. The fourth-order valence-corrected chi connectivity index (χ4v) is 4.08. The zero-order chi connectivity index (χ0) is 26.1. The molecule has 5 N–H and O–H groups in total. The highest BCUT2D eigenvalue weighted by Gasteiger charge is 2.21. The number of β-amino-alcohol motifs (C(OH)–C–C–N with tert-alkyl or cyclic N) is 1. The molecule has 7 heteroatoms. The third kappa shape index (κ3) is 7.81. The number of methoxy groups -OCH3 is 1. The van der Waals surface area contributed by atoms with E-state index in [0.29, 0.717) is 42.6 Å². The van der Waals surface area contributed by atoms with Crippen molar-refractivity contribution in [2.24, 2.45) is 0 Å². The number of carbonyl (C=O) groups is 1. The maximum atomic E-state index is 12.7. The van der Waals surface area contributed by atoms with Gasteiger partial charge < -0.3 is 30.7 Å². The maximum absolute atomic E-state index is 12.7. The zero-order valence-electron chi connectivity index (χ0n) is 21.1. The summed E-state index contributed by atoms with van der Waals surface area (Å²) in [6, 6.07) is 20.1. The Morgan fingerprint density at radius 1 is 1.03 bits per heavy atom. The number of rotatable bonds is 12. The molecule has 192 valence electrons. The lowest BCUT2D eigenvalue weighted by Crippen LogP contribution is -2.43. The first-order valence-corrected chi connectivity index (χ1v) is 12.1. The van der Waals surface area contributed by atoms with Crippen molar-refractivity contribution in [2.45, 2.75) is 44.9 Å². The lowest BCUT2D eigenvalue weighted by atomic mass is 9.93. The van der Waals surface area contributed by atoms with E-state index in [4.69, 9.17) is 4.74 Å². The third-order valence-corrected chi connectivity index (χ3v) is 6.10. The molecule has 3 rings (SSSR count). The number of hydrogen-bond donors (Lipinski definition) is 5. The second-order valence-electron chi connectivity index (χ2n) is 9.56. The number of aliphatic hydroxyl groups is 2. The number of carbonyl (C=O) groups excluding carboxylic acids is 1. The molecule has 3 aromatic carbocycles. The molecule has 0 fully saturated rings. The SMILES string of the molecule is COc1cccc(CCNC(=O)c2cccc(CC(C)(C)NC[C@H](O)c3ccc(O)c(CO)c3)c2)c1. The molecule has 3 aromatic rings. The van der Waals surface area contributed by atoms with Crippen LogP contribution in [0.1, 0.15) is 52.6 Å². The van der Waals surface area contributed by atoms with Gasteiger partial charge in [-0.1, -0.05) is 30.3 Å². The summed E-state index contributed by atoms with van der Waals surface area (Å²) in [5, 5.41) is 36.0. The van der Waals surface area contributed by atoms with Gasteiger partial charge in [-0.15, -0.1) is 0 Å². The van der Waals surface area contributed by atoms with Gasteiger partial charge in [0, 0.05) is 29.8 Å². The molecule has 0 spiro atoms. The van der Waals surface area contributed by atoms with Crippen LogP contribution in [0.2, 0.25) is 0 Å². The van der Waals surface area contributed by atoms with Crippen LogP contribution in [0.25, 0.3) is 0 Å². The van der Waals surface area contributed by atoms with Crippen molar-refractivity contribution in [1.82, 2.24) is 10.6 Å². The van der Waals surface area contributed by atoms with E-state index in [1.54, 1.807) is 25.3 Å². The predicted octanol–water partition coefficient (Wildman–Crippen LogP) is 3.51. The number of aromatic hydroxyl groups is 1. The van der Waals surface area contributed by atoms with Gasteiger partial charge in [-0.2, -0.15) is 0 Å². The highest BCUT2D eigenvalue weighted by Crippen LogP contribution is 2.23. The van der Waals surface area contributed by atoms with E-state index in [9.17, 15) is 20.1 Å². The Hall–Kier alpha value is -3.39. The van der Waals surface area contributed by atoms with Crippen molar-refractivity contribution in [3.63, 3.8) is 0 Å². The van der Waals surface area contributed by atoms with Crippen molar-refractivity contribution in [1.29, 1.82) is 0 Å². The molecule has 0 saturated carbocycles. The summed E-state index contributed by atoms with van der Waals surface area (Å²) in [6.07, 6.45) is 0.571. The van der Waals surface area contributed by atoms with Crippen molar-refractivity contribution >= 4 is 5.91 Å². The van der Waals surface area contributed by atoms with Gasteiger partial charge in [0.1, 0.15) is 11.5 Å². The number of ether oxygens (including phenoxy) is 1. The van der Waals surface area contributed by atoms with Gasteiger partial charge in [0.25, 0.3) is 5.91 Å². The largest absolute Gasteiger partial charge is 0.508 e. The zero-order valence-corrected chi connectivity index (χ0v) is 21.1. The number of hydrogen-bond acceptors (Lipinski definition) is 6. The van der Waals surface area contributed by atoms with Gasteiger partial charge in [0.2, 0.25) is 0 Å². The molecule has 0 radical (unpaired) electrons. The summed E-state index contributed by atoms with van der Waals surface area (Å²) < 4.78 is 5.25. The van der Waals surface area contributed by atoms with Crippen LogP contribution in [-0.4, -0.2) is 47.0 Å². The van der Waals surface area contributed by atoms with E-state index in [1.807, 2.05) is 56.3 Å². The van der Waals surface area contributed by atoms with Gasteiger partial charge in [-0.25, -0.2) is 0 Å².